The molecule has 13 heteroatoms. The van der Waals surface area contributed by atoms with Gasteiger partial charge in [0.15, 0.2) is 10.9 Å². The molecular weight excluding hydrogens is 409 g/mol. The van der Waals surface area contributed by atoms with Gasteiger partial charge < -0.3 is 10.1 Å². The summed E-state index contributed by atoms with van der Waals surface area (Å²) in [6.45, 7) is 5.63. The molecule has 30 heavy (non-hydrogen) atoms. The number of hydrogen-bond acceptors (Lipinski definition) is 8. The third kappa shape index (κ3) is 4.61. The molecule has 1 aromatic heterocycles. The van der Waals surface area contributed by atoms with Crippen molar-refractivity contribution in [3.8, 4) is 0 Å². The number of ether oxygens (including phenoxy) is 1. The molecule has 0 radical (unpaired) electrons. The molecule has 0 amide bonds. The fraction of sp³-hybridized carbons (Fsp3) is 0.706. The molecule has 1 aliphatic rings. The van der Waals surface area contributed by atoms with Gasteiger partial charge in [-0.2, -0.15) is 13.2 Å². The number of halogens is 3. The van der Waals surface area contributed by atoms with E-state index in [2.05, 4.69) is 15.3 Å². The van der Waals surface area contributed by atoms with Gasteiger partial charge in [-0.15, -0.1) is 0 Å². The number of carbonyl (C=O) groups excluding carboxylic acids is 1. The Labute approximate surface area is 171 Å². The molecule has 2 atom stereocenters. The fourth-order valence-electron chi connectivity index (χ4n) is 3.50. The van der Waals surface area contributed by atoms with Crippen molar-refractivity contribution in [1.29, 1.82) is 0 Å². The average Bonchev–Trinajstić information content (AvgIpc) is 2.64. The SMILES string of the molecule is CCC(N1CCNCC1C(=O)OC(C)(C)C)(N(c1ccncn1)[N+](=O)[O-])C(F)(F)F. The zero-order valence-corrected chi connectivity index (χ0v) is 17.1. The van der Waals surface area contributed by atoms with Crippen LogP contribution in [0.2, 0.25) is 0 Å². The van der Waals surface area contributed by atoms with Crippen LogP contribution in [0, 0.1) is 10.1 Å². The first-order valence-electron chi connectivity index (χ1n) is 9.32. The topological polar surface area (TPSA) is 114 Å². The van der Waals surface area contributed by atoms with Crippen LogP contribution >= 0.6 is 0 Å². The lowest BCUT2D eigenvalue weighted by Gasteiger charge is -2.49. The summed E-state index contributed by atoms with van der Waals surface area (Å²) in [5.41, 5.74) is -4.09. The van der Waals surface area contributed by atoms with Crippen molar-refractivity contribution in [1.82, 2.24) is 20.2 Å². The summed E-state index contributed by atoms with van der Waals surface area (Å²) in [4.78, 5) is 32.7. The van der Waals surface area contributed by atoms with Crippen molar-refractivity contribution in [3.05, 3.63) is 28.7 Å². The Morgan fingerprint density at radius 3 is 2.57 bits per heavy atom. The summed E-state index contributed by atoms with van der Waals surface area (Å²) in [5.74, 6) is -1.45. The van der Waals surface area contributed by atoms with Crippen LogP contribution in [0.15, 0.2) is 18.6 Å². The number of rotatable bonds is 6. The summed E-state index contributed by atoms with van der Waals surface area (Å²) in [7, 11) is 0. The summed E-state index contributed by atoms with van der Waals surface area (Å²) in [5, 5.41) is 13.6. The van der Waals surface area contributed by atoms with E-state index >= 15 is 0 Å². The summed E-state index contributed by atoms with van der Waals surface area (Å²) in [6, 6.07) is -0.382. The van der Waals surface area contributed by atoms with Gasteiger partial charge in [0.1, 0.15) is 18.0 Å². The Kier molecular flexibility index (Phi) is 6.87. The molecule has 10 nitrogen and oxygen atoms in total. The van der Waals surface area contributed by atoms with E-state index in [9.17, 15) is 28.1 Å². The Balaban J connectivity index is 2.66. The minimum atomic E-state index is -5.11. The first-order chi connectivity index (χ1) is 13.8. The molecule has 0 spiro atoms. The predicted octanol–water partition coefficient (Wildman–Crippen LogP) is 1.76. The van der Waals surface area contributed by atoms with E-state index in [0.29, 0.717) is 0 Å². The molecule has 0 bridgehead atoms. The zero-order chi connectivity index (χ0) is 22.7. The van der Waals surface area contributed by atoms with Gasteiger partial charge in [0.05, 0.1) is 0 Å². The second-order valence-corrected chi connectivity index (χ2v) is 7.73. The number of anilines is 1. The Hall–Kier alpha value is -2.54. The third-order valence-electron chi connectivity index (χ3n) is 4.64. The smallest absolute Gasteiger partial charge is 0.431 e. The van der Waals surface area contributed by atoms with E-state index in [0.717, 1.165) is 23.5 Å². The highest BCUT2D eigenvalue weighted by Gasteiger charge is 2.69. The van der Waals surface area contributed by atoms with Crippen LogP contribution in [0.1, 0.15) is 34.1 Å². The molecule has 1 aromatic rings. The molecule has 168 valence electrons. The first kappa shape index (κ1) is 23.7. The number of nitro groups is 1. The van der Waals surface area contributed by atoms with Gasteiger partial charge in [-0.1, -0.05) is 6.92 Å². The van der Waals surface area contributed by atoms with Crippen LogP contribution in [-0.2, 0) is 9.53 Å². The van der Waals surface area contributed by atoms with Crippen LogP contribution in [0.5, 0.6) is 0 Å². The van der Waals surface area contributed by atoms with Crippen LogP contribution in [0.4, 0.5) is 19.0 Å². The number of alkyl halides is 3. The highest BCUT2D eigenvalue weighted by molar-refractivity contribution is 5.77. The van der Waals surface area contributed by atoms with E-state index in [1.54, 1.807) is 20.8 Å². The third-order valence-corrected chi connectivity index (χ3v) is 4.64. The van der Waals surface area contributed by atoms with E-state index in [1.165, 1.54) is 6.92 Å². The minimum absolute atomic E-state index is 0.0304. The van der Waals surface area contributed by atoms with Gasteiger partial charge in [0.25, 0.3) is 5.66 Å². The van der Waals surface area contributed by atoms with Crippen LogP contribution in [0.3, 0.4) is 0 Å². The fourth-order valence-corrected chi connectivity index (χ4v) is 3.50. The van der Waals surface area contributed by atoms with Crippen molar-refractivity contribution < 1.29 is 27.7 Å². The van der Waals surface area contributed by atoms with Crippen molar-refractivity contribution >= 4 is 11.8 Å². The monoisotopic (exact) mass is 434 g/mol. The van der Waals surface area contributed by atoms with Gasteiger partial charge in [-0.25, -0.2) is 20.1 Å². The number of aromatic nitrogens is 2. The molecule has 1 fully saturated rings. The van der Waals surface area contributed by atoms with Crippen LogP contribution < -0.4 is 10.3 Å². The number of nitrogens with one attached hydrogen (secondary N) is 1. The second-order valence-electron chi connectivity index (χ2n) is 7.73. The molecule has 0 saturated carbocycles. The molecule has 2 rings (SSSR count). The Morgan fingerprint density at radius 2 is 2.10 bits per heavy atom. The molecule has 1 aliphatic heterocycles. The average molecular weight is 434 g/mol. The molecular formula is C17H25F3N6O4. The van der Waals surface area contributed by atoms with Crippen molar-refractivity contribution in [2.45, 2.75) is 57.6 Å². The van der Waals surface area contributed by atoms with Crippen LogP contribution in [0.25, 0.3) is 0 Å². The van der Waals surface area contributed by atoms with Crippen molar-refractivity contribution in [3.63, 3.8) is 0 Å². The lowest BCUT2D eigenvalue weighted by molar-refractivity contribution is -0.528. The van der Waals surface area contributed by atoms with E-state index < -0.39 is 46.7 Å². The van der Waals surface area contributed by atoms with Gasteiger partial charge in [-0.05, 0) is 32.2 Å². The van der Waals surface area contributed by atoms with Crippen molar-refractivity contribution in [2.24, 2.45) is 0 Å². The molecule has 1 saturated heterocycles. The normalized spacial score (nSPS) is 20.3. The predicted molar refractivity (Wildman–Crippen MR) is 99.8 cm³/mol. The van der Waals surface area contributed by atoms with E-state index in [-0.39, 0.29) is 24.6 Å². The zero-order valence-electron chi connectivity index (χ0n) is 17.1. The van der Waals surface area contributed by atoms with E-state index in [4.69, 9.17) is 4.74 Å². The summed E-state index contributed by atoms with van der Waals surface area (Å²) in [6.07, 6.45) is -3.82. The maximum absolute atomic E-state index is 14.6. The maximum atomic E-state index is 14.6. The number of esters is 1. The number of nitrogens with zero attached hydrogens (tertiary/aromatic N) is 5. The van der Waals surface area contributed by atoms with Crippen LogP contribution in [-0.4, -0.2) is 69.0 Å². The molecule has 0 aliphatic carbocycles. The van der Waals surface area contributed by atoms with Crippen molar-refractivity contribution in [2.75, 3.05) is 24.6 Å². The summed E-state index contributed by atoms with van der Waals surface area (Å²) < 4.78 is 49.2. The molecule has 2 unspecified atom stereocenters. The number of carbonyl (C=O) groups is 1. The molecule has 0 aromatic carbocycles. The highest BCUT2D eigenvalue weighted by atomic mass is 19.4. The molecule has 2 heterocycles. The van der Waals surface area contributed by atoms with Gasteiger partial charge >= 0.3 is 12.1 Å². The quantitative estimate of drug-likeness (QED) is 0.406. The molecule has 1 N–H and O–H groups in total. The second kappa shape index (κ2) is 8.68. The largest absolute Gasteiger partial charge is 0.459 e. The maximum Gasteiger partial charge on any atom is 0.431 e. The highest BCUT2D eigenvalue weighted by Crippen LogP contribution is 2.44. The minimum Gasteiger partial charge on any atom is -0.459 e. The summed E-state index contributed by atoms with van der Waals surface area (Å²) >= 11 is 0. The Bertz CT molecular complexity index is 758. The lowest BCUT2D eigenvalue weighted by Crippen LogP contribution is -2.76. The standard InChI is InChI=1S/C17H25F3N6O4/c1-5-16(17(18,19)20,25(26(28)29)13-6-7-22-11-23-13)24-9-8-21-10-12(24)14(27)30-15(2,3)4/h6-7,11-12,21H,5,8-10H2,1-4H3. The van der Waals surface area contributed by atoms with Gasteiger partial charge in [0, 0.05) is 31.9 Å². The first-order valence-corrected chi connectivity index (χ1v) is 9.32. The number of piperazine rings is 1. The Morgan fingerprint density at radius 1 is 1.43 bits per heavy atom. The van der Waals surface area contributed by atoms with E-state index in [1.807, 2.05) is 0 Å². The van der Waals surface area contributed by atoms with Gasteiger partial charge in [-0.3, -0.25) is 9.69 Å². The number of hydrazine groups is 1. The lowest BCUT2D eigenvalue weighted by atomic mass is 9.98. The number of hydrogen-bond donors (Lipinski definition) is 1. The van der Waals surface area contributed by atoms with Gasteiger partial charge in [0.2, 0.25) is 0 Å².